The Morgan fingerprint density at radius 1 is 0.897 bits per heavy atom. The fourth-order valence-electron chi connectivity index (χ4n) is 2.83. The van der Waals surface area contributed by atoms with E-state index in [0.717, 1.165) is 12.0 Å². The molecule has 0 aliphatic carbocycles. The van der Waals surface area contributed by atoms with Gasteiger partial charge >= 0.3 is 0 Å². The normalized spacial score (nSPS) is 10.3. The van der Waals surface area contributed by atoms with Crippen molar-refractivity contribution in [2.45, 2.75) is 20.3 Å². The third-order valence-corrected chi connectivity index (χ3v) is 4.50. The molecule has 3 aromatic carbocycles. The number of nitrogens with one attached hydrogen (secondary N) is 2. The molecule has 0 radical (unpaired) electrons. The van der Waals surface area contributed by atoms with E-state index < -0.39 is 0 Å². The molecule has 0 saturated carbocycles. The number of rotatable bonds is 7. The minimum atomic E-state index is -0.245. The number of benzene rings is 3. The van der Waals surface area contributed by atoms with Crippen LogP contribution < -0.4 is 15.4 Å². The molecule has 3 aromatic rings. The lowest BCUT2D eigenvalue weighted by Crippen LogP contribution is -2.20. The van der Waals surface area contributed by atoms with Gasteiger partial charge < -0.3 is 15.4 Å². The largest absolute Gasteiger partial charge is 0.484 e. The number of carbonyl (C=O) groups is 2. The van der Waals surface area contributed by atoms with Gasteiger partial charge in [0.15, 0.2) is 6.61 Å². The van der Waals surface area contributed by atoms with E-state index in [9.17, 15) is 9.59 Å². The Labute approximate surface area is 170 Å². The number of hydrogen-bond donors (Lipinski definition) is 2. The first-order valence-electron chi connectivity index (χ1n) is 9.54. The maximum absolute atomic E-state index is 12.3. The molecule has 2 amide bonds. The summed E-state index contributed by atoms with van der Waals surface area (Å²) < 4.78 is 5.53. The van der Waals surface area contributed by atoms with E-state index in [1.54, 1.807) is 24.3 Å². The van der Waals surface area contributed by atoms with Crippen LogP contribution in [0, 0.1) is 6.92 Å². The third-order valence-electron chi connectivity index (χ3n) is 4.50. The second kappa shape index (κ2) is 9.55. The quantitative estimate of drug-likeness (QED) is 0.609. The van der Waals surface area contributed by atoms with Crippen molar-refractivity contribution in [3.63, 3.8) is 0 Å². The molecule has 0 saturated heterocycles. The summed E-state index contributed by atoms with van der Waals surface area (Å²) in [6.45, 7) is 3.89. The summed E-state index contributed by atoms with van der Waals surface area (Å²) in [5.74, 6) is 0.241. The summed E-state index contributed by atoms with van der Waals surface area (Å²) in [6.07, 6.45) is 0.960. The lowest BCUT2D eigenvalue weighted by Gasteiger charge is -2.12. The van der Waals surface area contributed by atoms with E-state index in [2.05, 4.69) is 17.6 Å². The molecular formula is C24H24N2O3. The lowest BCUT2D eigenvalue weighted by molar-refractivity contribution is -0.118. The minimum Gasteiger partial charge on any atom is -0.484 e. The highest BCUT2D eigenvalue weighted by Gasteiger charge is 2.09. The SMILES string of the molecule is CCc1ccc(OCC(=O)Nc2ccc(NC(=O)c3ccccc3)c(C)c2)cc1. The predicted octanol–water partition coefficient (Wildman–Crippen LogP) is 4.83. The fraction of sp³-hybridized carbons (Fsp3) is 0.167. The summed E-state index contributed by atoms with van der Waals surface area (Å²) in [7, 11) is 0. The number of anilines is 2. The smallest absolute Gasteiger partial charge is 0.262 e. The van der Waals surface area contributed by atoms with Crippen molar-refractivity contribution in [1.82, 2.24) is 0 Å². The van der Waals surface area contributed by atoms with E-state index >= 15 is 0 Å². The van der Waals surface area contributed by atoms with Crippen molar-refractivity contribution in [2.24, 2.45) is 0 Å². The van der Waals surface area contributed by atoms with Gasteiger partial charge in [-0.05, 0) is 66.9 Å². The minimum absolute atomic E-state index is 0.0724. The molecule has 0 aromatic heterocycles. The van der Waals surface area contributed by atoms with E-state index in [0.29, 0.717) is 22.7 Å². The second-order valence-electron chi connectivity index (χ2n) is 6.68. The van der Waals surface area contributed by atoms with Crippen molar-refractivity contribution in [3.8, 4) is 5.75 Å². The van der Waals surface area contributed by atoms with Crippen LogP contribution in [0.3, 0.4) is 0 Å². The van der Waals surface area contributed by atoms with Crippen LogP contribution in [0.1, 0.15) is 28.4 Å². The Morgan fingerprint density at radius 2 is 1.62 bits per heavy atom. The van der Waals surface area contributed by atoms with Gasteiger partial charge in [-0.25, -0.2) is 0 Å². The highest BCUT2D eigenvalue weighted by atomic mass is 16.5. The molecule has 0 aliphatic heterocycles. The van der Waals surface area contributed by atoms with Crippen molar-refractivity contribution < 1.29 is 14.3 Å². The zero-order chi connectivity index (χ0) is 20.6. The molecule has 2 N–H and O–H groups in total. The summed E-state index contributed by atoms with van der Waals surface area (Å²) in [5.41, 5.74) is 4.01. The zero-order valence-electron chi connectivity index (χ0n) is 16.6. The van der Waals surface area contributed by atoms with Crippen LogP contribution in [-0.2, 0) is 11.2 Å². The Morgan fingerprint density at radius 3 is 2.28 bits per heavy atom. The molecule has 0 fully saturated rings. The Bertz CT molecular complexity index is 983. The maximum Gasteiger partial charge on any atom is 0.262 e. The molecule has 5 heteroatoms. The predicted molar refractivity (Wildman–Crippen MR) is 116 cm³/mol. The zero-order valence-corrected chi connectivity index (χ0v) is 16.6. The number of amides is 2. The van der Waals surface area contributed by atoms with Gasteiger partial charge in [0, 0.05) is 16.9 Å². The van der Waals surface area contributed by atoms with Crippen LogP contribution in [0.4, 0.5) is 11.4 Å². The molecule has 0 heterocycles. The van der Waals surface area contributed by atoms with Crippen molar-refractivity contribution >= 4 is 23.2 Å². The molecule has 0 aliphatic rings. The summed E-state index contributed by atoms with van der Waals surface area (Å²) in [6, 6.07) is 22.1. The Hall–Kier alpha value is -3.60. The summed E-state index contributed by atoms with van der Waals surface area (Å²) in [4.78, 5) is 24.5. The highest BCUT2D eigenvalue weighted by molar-refractivity contribution is 6.04. The Balaban J connectivity index is 1.55. The van der Waals surface area contributed by atoms with E-state index in [1.807, 2.05) is 55.5 Å². The third kappa shape index (κ3) is 5.69. The molecule has 0 bridgehead atoms. The van der Waals surface area contributed by atoms with Crippen LogP contribution in [0.2, 0.25) is 0 Å². The van der Waals surface area contributed by atoms with Crippen molar-refractivity contribution in [1.29, 1.82) is 0 Å². The summed E-state index contributed by atoms with van der Waals surface area (Å²) in [5, 5.41) is 5.70. The van der Waals surface area contributed by atoms with Gasteiger partial charge in [-0.3, -0.25) is 9.59 Å². The molecule has 148 valence electrons. The molecule has 5 nitrogen and oxygen atoms in total. The topological polar surface area (TPSA) is 67.4 Å². The van der Waals surface area contributed by atoms with Crippen LogP contribution in [0.15, 0.2) is 72.8 Å². The maximum atomic E-state index is 12.3. The van der Waals surface area contributed by atoms with Gasteiger partial charge in [0.25, 0.3) is 11.8 Å². The van der Waals surface area contributed by atoms with Gasteiger partial charge in [0.2, 0.25) is 0 Å². The first-order valence-corrected chi connectivity index (χ1v) is 9.54. The van der Waals surface area contributed by atoms with Gasteiger partial charge in [0.05, 0.1) is 0 Å². The van der Waals surface area contributed by atoms with E-state index in [4.69, 9.17) is 4.74 Å². The monoisotopic (exact) mass is 388 g/mol. The molecule has 29 heavy (non-hydrogen) atoms. The second-order valence-corrected chi connectivity index (χ2v) is 6.68. The molecule has 0 spiro atoms. The van der Waals surface area contributed by atoms with Crippen LogP contribution in [0.5, 0.6) is 5.75 Å². The number of carbonyl (C=O) groups excluding carboxylic acids is 2. The van der Waals surface area contributed by atoms with Gasteiger partial charge in [-0.2, -0.15) is 0 Å². The van der Waals surface area contributed by atoms with Crippen molar-refractivity contribution in [3.05, 3.63) is 89.5 Å². The number of ether oxygens (including phenoxy) is 1. The number of hydrogen-bond acceptors (Lipinski definition) is 3. The highest BCUT2D eigenvalue weighted by Crippen LogP contribution is 2.21. The molecular weight excluding hydrogens is 364 g/mol. The first-order chi connectivity index (χ1) is 14.0. The van der Waals surface area contributed by atoms with Gasteiger partial charge in [-0.15, -0.1) is 0 Å². The van der Waals surface area contributed by atoms with Crippen LogP contribution in [0.25, 0.3) is 0 Å². The van der Waals surface area contributed by atoms with E-state index in [1.165, 1.54) is 5.56 Å². The number of aryl methyl sites for hydroxylation is 2. The fourth-order valence-corrected chi connectivity index (χ4v) is 2.83. The van der Waals surface area contributed by atoms with E-state index in [-0.39, 0.29) is 18.4 Å². The lowest BCUT2D eigenvalue weighted by atomic mass is 10.1. The molecule has 3 rings (SSSR count). The average Bonchev–Trinajstić information content (AvgIpc) is 2.75. The standard InChI is InChI=1S/C24H24N2O3/c1-3-18-9-12-21(13-10-18)29-16-23(27)25-20-11-14-22(17(2)15-20)26-24(28)19-7-5-4-6-8-19/h4-15H,3,16H2,1-2H3,(H,25,27)(H,26,28). The summed E-state index contributed by atoms with van der Waals surface area (Å²) >= 11 is 0. The van der Waals surface area contributed by atoms with Gasteiger partial charge in [0.1, 0.15) is 5.75 Å². The van der Waals surface area contributed by atoms with Crippen molar-refractivity contribution in [2.75, 3.05) is 17.2 Å². The van der Waals surface area contributed by atoms with Gasteiger partial charge in [-0.1, -0.05) is 37.3 Å². The molecule has 0 unspecified atom stereocenters. The van der Waals surface area contributed by atoms with Crippen LogP contribution in [-0.4, -0.2) is 18.4 Å². The average molecular weight is 388 g/mol. The Kier molecular flexibility index (Phi) is 6.63. The molecule has 0 atom stereocenters. The van der Waals surface area contributed by atoms with Crippen LogP contribution >= 0.6 is 0 Å². The first kappa shape index (κ1) is 20.1.